The summed E-state index contributed by atoms with van der Waals surface area (Å²) in [6.45, 7) is 2.01. The standard InChI is InChI=1S/C17H17NO/c1-13-6-5-11-18-15(13)12-16(19)17(9-10-17)14-7-3-2-4-8-14/h2-8,11H,9-10,12H2,1H3. The molecule has 2 heteroatoms. The molecule has 0 saturated heterocycles. The molecule has 1 heterocycles. The quantitative estimate of drug-likeness (QED) is 0.835. The third-order valence-electron chi connectivity index (χ3n) is 4.06. The normalized spacial score (nSPS) is 16.1. The fraction of sp³-hybridized carbons (Fsp3) is 0.294. The number of hydrogen-bond acceptors (Lipinski definition) is 2. The van der Waals surface area contributed by atoms with E-state index in [2.05, 4.69) is 17.1 Å². The van der Waals surface area contributed by atoms with E-state index in [9.17, 15) is 4.79 Å². The summed E-state index contributed by atoms with van der Waals surface area (Å²) in [5.74, 6) is 0.306. The van der Waals surface area contributed by atoms with E-state index in [0.717, 1.165) is 29.7 Å². The Bertz CT molecular complexity index is 600. The van der Waals surface area contributed by atoms with Crippen LogP contribution < -0.4 is 0 Å². The van der Waals surface area contributed by atoms with Crippen molar-refractivity contribution in [3.63, 3.8) is 0 Å². The highest BCUT2D eigenvalue weighted by atomic mass is 16.1. The average molecular weight is 251 g/mol. The average Bonchev–Trinajstić information content (AvgIpc) is 3.24. The Balaban J connectivity index is 1.84. The van der Waals surface area contributed by atoms with Gasteiger partial charge in [-0.3, -0.25) is 9.78 Å². The Morgan fingerprint density at radius 1 is 1.16 bits per heavy atom. The van der Waals surface area contributed by atoms with Crippen molar-refractivity contribution < 1.29 is 4.79 Å². The maximum Gasteiger partial charge on any atom is 0.149 e. The molecule has 0 amide bonds. The number of Topliss-reactive ketones (excluding diaryl/α,β-unsaturated/α-hetero) is 1. The minimum absolute atomic E-state index is 0.231. The van der Waals surface area contributed by atoms with Crippen LogP contribution in [-0.4, -0.2) is 10.8 Å². The second-order valence-corrected chi connectivity index (χ2v) is 5.32. The number of carbonyl (C=O) groups excluding carboxylic acids is 1. The van der Waals surface area contributed by atoms with Gasteiger partial charge in [-0.1, -0.05) is 36.4 Å². The first-order chi connectivity index (χ1) is 9.22. The number of benzene rings is 1. The summed E-state index contributed by atoms with van der Waals surface area (Å²) >= 11 is 0. The number of aryl methyl sites for hydroxylation is 1. The van der Waals surface area contributed by atoms with Crippen molar-refractivity contribution >= 4 is 5.78 Å². The van der Waals surface area contributed by atoms with E-state index in [1.807, 2.05) is 37.3 Å². The van der Waals surface area contributed by atoms with E-state index < -0.39 is 0 Å². The van der Waals surface area contributed by atoms with Gasteiger partial charge >= 0.3 is 0 Å². The monoisotopic (exact) mass is 251 g/mol. The highest BCUT2D eigenvalue weighted by Crippen LogP contribution is 2.49. The predicted octanol–water partition coefficient (Wildman–Crippen LogP) is 3.23. The summed E-state index contributed by atoms with van der Waals surface area (Å²) < 4.78 is 0. The molecule has 2 nitrogen and oxygen atoms in total. The zero-order valence-corrected chi connectivity index (χ0v) is 11.1. The fourth-order valence-electron chi connectivity index (χ4n) is 2.64. The van der Waals surface area contributed by atoms with E-state index in [1.165, 1.54) is 0 Å². The molecule has 1 aromatic heterocycles. The Hall–Kier alpha value is -1.96. The van der Waals surface area contributed by atoms with E-state index >= 15 is 0 Å². The smallest absolute Gasteiger partial charge is 0.149 e. The molecule has 1 fully saturated rings. The molecule has 0 bridgehead atoms. The van der Waals surface area contributed by atoms with E-state index in [4.69, 9.17) is 0 Å². The largest absolute Gasteiger partial charge is 0.298 e. The number of aromatic nitrogens is 1. The van der Waals surface area contributed by atoms with Crippen LogP contribution in [-0.2, 0) is 16.6 Å². The maximum absolute atomic E-state index is 12.6. The summed E-state index contributed by atoms with van der Waals surface area (Å²) in [6.07, 6.45) is 4.16. The number of hydrogen-bond donors (Lipinski definition) is 0. The minimum atomic E-state index is -0.231. The van der Waals surface area contributed by atoms with Crippen molar-refractivity contribution in [2.24, 2.45) is 0 Å². The molecular weight excluding hydrogens is 234 g/mol. The van der Waals surface area contributed by atoms with Gasteiger partial charge in [-0.05, 0) is 37.0 Å². The fourth-order valence-corrected chi connectivity index (χ4v) is 2.64. The van der Waals surface area contributed by atoms with Crippen LogP contribution in [0.4, 0.5) is 0 Å². The van der Waals surface area contributed by atoms with Crippen molar-refractivity contribution in [1.29, 1.82) is 0 Å². The topological polar surface area (TPSA) is 30.0 Å². The summed E-state index contributed by atoms with van der Waals surface area (Å²) in [5, 5.41) is 0. The zero-order valence-electron chi connectivity index (χ0n) is 11.1. The van der Waals surface area contributed by atoms with E-state index in [-0.39, 0.29) is 5.41 Å². The van der Waals surface area contributed by atoms with Crippen LogP contribution in [0.1, 0.15) is 29.7 Å². The molecule has 3 rings (SSSR count). The van der Waals surface area contributed by atoms with Crippen LogP contribution in [0.5, 0.6) is 0 Å². The number of carbonyl (C=O) groups is 1. The van der Waals surface area contributed by atoms with Crippen molar-refractivity contribution in [1.82, 2.24) is 4.98 Å². The van der Waals surface area contributed by atoms with Gasteiger partial charge in [0.15, 0.2) is 0 Å². The van der Waals surface area contributed by atoms with Crippen LogP contribution in [0, 0.1) is 6.92 Å². The lowest BCUT2D eigenvalue weighted by Gasteiger charge is -2.14. The molecule has 0 N–H and O–H groups in total. The Morgan fingerprint density at radius 2 is 1.89 bits per heavy atom. The molecule has 1 aliphatic carbocycles. The molecular formula is C17H17NO. The molecule has 1 aromatic carbocycles. The van der Waals surface area contributed by atoms with Gasteiger partial charge in [-0.25, -0.2) is 0 Å². The summed E-state index contributed by atoms with van der Waals surface area (Å²) in [7, 11) is 0. The van der Waals surface area contributed by atoms with E-state index in [1.54, 1.807) is 6.20 Å². The third-order valence-corrected chi connectivity index (χ3v) is 4.06. The highest BCUT2D eigenvalue weighted by Gasteiger charge is 2.50. The van der Waals surface area contributed by atoms with Gasteiger partial charge in [-0.15, -0.1) is 0 Å². The predicted molar refractivity (Wildman–Crippen MR) is 75.0 cm³/mol. The first-order valence-electron chi connectivity index (χ1n) is 6.72. The number of pyridine rings is 1. The highest BCUT2D eigenvalue weighted by molar-refractivity contribution is 5.94. The third kappa shape index (κ3) is 2.19. The van der Waals surface area contributed by atoms with Crippen LogP contribution in [0.3, 0.4) is 0 Å². The van der Waals surface area contributed by atoms with Gasteiger partial charge in [0.25, 0.3) is 0 Å². The summed E-state index contributed by atoms with van der Waals surface area (Å²) in [6, 6.07) is 14.1. The Labute approximate surface area is 113 Å². The van der Waals surface area contributed by atoms with Gasteiger partial charge in [-0.2, -0.15) is 0 Å². The van der Waals surface area contributed by atoms with Gasteiger partial charge in [0.05, 0.1) is 11.1 Å². The molecule has 1 saturated carbocycles. The first kappa shape index (κ1) is 12.1. The van der Waals surface area contributed by atoms with Crippen molar-refractivity contribution in [3.05, 3.63) is 65.5 Å². The molecule has 0 atom stereocenters. The second-order valence-electron chi connectivity index (χ2n) is 5.32. The van der Waals surface area contributed by atoms with Crippen LogP contribution >= 0.6 is 0 Å². The number of ketones is 1. The molecule has 1 aliphatic rings. The van der Waals surface area contributed by atoms with Crippen molar-refractivity contribution in [2.45, 2.75) is 31.6 Å². The van der Waals surface area contributed by atoms with Crippen LogP contribution in [0.15, 0.2) is 48.7 Å². The van der Waals surface area contributed by atoms with Gasteiger partial charge in [0.2, 0.25) is 0 Å². The van der Waals surface area contributed by atoms with Crippen LogP contribution in [0.2, 0.25) is 0 Å². The SMILES string of the molecule is Cc1cccnc1CC(=O)C1(c2ccccc2)CC1. The molecule has 0 radical (unpaired) electrons. The molecule has 19 heavy (non-hydrogen) atoms. The number of nitrogens with zero attached hydrogens (tertiary/aromatic N) is 1. The van der Waals surface area contributed by atoms with Crippen molar-refractivity contribution in [3.8, 4) is 0 Å². The lowest BCUT2D eigenvalue weighted by atomic mass is 9.88. The Morgan fingerprint density at radius 3 is 2.53 bits per heavy atom. The van der Waals surface area contributed by atoms with E-state index in [0.29, 0.717) is 12.2 Å². The van der Waals surface area contributed by atoms with Crippen LogP contribution in [0.25, 0.3) is 0 Å². The first-order valence-corrected chi connectivity index (χ1v) is 6.72. The molecule has 2 aromatic rings. The molecule has 0 aliphatic heterocycles. The van der Waals surface area contributed by atoms with Crippen molar-refractivity contribution in [2.75, 3.05) is 0 Å². The second kappa shape index (κ2) is 4.61. The summed E-state index contributed by atoms with van der Waals surface area (Å²) in [5.41, 5.74) is 2.94. The molecule has 96 valence electrons. The maximum atomic E-state index is 12.6. The molecule has 0 unspecified atom stereocenters. The minimum Gasteiger partial charge on any atom is -0.298 e. The zero-order chi connectivity index (χ0) is 13.3. The lowest BCUT2D eigenvalue weighted by Crippen LogP contribution is -2.23. The Kier molecular flexibility index (Phi) is 2.94. The van der Waals surface area contributed by atoms with Gasteiger partial charge in [0.1, 0.15) is 5.78 Å². The molecule has 0 spiro atoms. The van der Waals surface area contributed by atoms with Gasteiger partial charge < -0.3 is 0 Å². The lowest BCUT2D eigenvalue weighted by molar-refractivity contribution is -0.120. The van der Waals surface area contributed by atoms with Gasteiger partial charge in [0, 0.05) is 12.6 Å². The number of rotatable bonds is 4. The summed E-state index contributed by atoms with van der Waals surface area (Å²) in [4.78, 5) is 16.9.